The van der Waals surface area contributed by atoms with E-state index in [1.165, 1.54) is 64.2 Å². The Morgan fingerprint density at radius 1 is 1.00 bits per heavy atom. The lowest BCUT2D eigenvalue weighted by molar-refractivity contribution is 0.338. The van der Waals surface area contributed by atoms with Crippen LogP contribution in [0.3, 0.4) is 0 Å². The number of aromatic nitrogens is 1. The summed E-state index contributed by atoms with van der Waals surface area (Å²) in [6.45, 7) is 0. The highest BCUT2D eigenvalue weighted by Crippen LogP contribution is 2.33. The summed E-state index contributed by atoms with van der Waals surface area (Å²) in [5.41, 5.74) is 6.47. The quantitative estimate of drug-likeness (QED) is 0.656. The fraction of sp³-hybridized carbons (Fsp3) is 0.667. The number of nitrogens with one attached hydrogen (secondary N) is 1. The van der Waals surface area contributed by atoms with Gasteiger partial charge >= 0.3 is 0 Å². The van der Waals surface area contributed by atoms with Crippen molar-refractivity contribution < 1.29 is 0 Å². The van der Waals surface area contributed by atoms with Gasteiger partial charge in [-0.3, -0.25) is 5.41 Å². The third kappa shape index (κ3) is 3.42. The Balaban J connectivity index is 1.89. The lowest BCUT2D eigenvalue weighted by Crippen LogP contribution is -2.46. The number of pyridine rings is 1. The fourth-order valence-corrected chi connectivity index (χ4v) is 4.12. The van der Waals surface area contributed by atoms with E-state index in [9.17, 15) is 0 Å². The van der Waals surface area contributed by atoms with Gasteiger partial charge in [-0.25, -0.2) is 4.98 Å². The summed E-state index contributed by atoms with van der Waals surface area (Å²) in [6, 6.07) is 5.09. The molecule has 120 valence electrons. The highest BCUT2D eigenvalue weighted by atomic mass is 15.2. The maximum absolute atomic E-state index is 7.69. The zero-order valence-corrected chi connectivity index (χ0v) is 13.4. The molecule has 1 heterocycles. The van der Waals surface area contributed by atoms with Crippen LogP contribution >= 0.6 is 0 Å². The van der Waals surface area contributed by atoms with Crippen LogP contribution in [-0.4, -0.2) is 22.9 Å². The Morgan fingerprint density at radius 2 is 1.55 bits per heavy atom. The van der Waals surface area contributed by atoms with Gasteiger partial charge in [-0.05, 0) is 37.8 Å². The first-order valence-corrected chi connectivity index (χ1v) is 8.84. The van der Waals surface area contributed by atoms with Crippen LogP contribution < -0.4 is 10.6 Å². The van der Waals surface area contributed by atoms with Gasteiger partial charge in [0.2, 0.25) is 0 Å². The van der Waals surface area contributed by atoms with Crippen LogP contribution in [0.15, 0.2) is 18.3 Å². The monoisotopic (exact) mass is 300 g/mol. The van der Waals surface area contributed by atoms with E-state index in [1.807, 2.05) is 18.3 Å². The molecule has 0 atom stereocenters. The Labute approximate surface area is 133 Å². The molecule has 0 radical (unpaired) electrons. The van der Waals surface area contributed by atoms with Gasteiger partial charge in [0.05, 0.1) is 0 Å². The van der Waals surface area contributed by atoms with Crippen LogP contribution in [0.2, 0.25) is 0 Å². The van der Waals surface area contributed by atoms with Crippen LogP contribution in [0.5, 0.6) is 0 Å². The molecule has 2 aliphatic rings. The molecule has 22 heavy (non-hydrogen) atoms. The first kappa shape index (κ1) is 15.3. The Bertz CT molecular complexity index is 484. The standard InChI is InChI=1S/C18H28N4/c19-18(20)14-11-12-21-17(13-14)22(15-7-3-1-4-8-15)16-9-5-2-6-10-16/h11-13,15-16H,1-10H2,(H3,19,20). The van der Waals surface area contributed by atoms with Crippen molar-refractivity contribution in [2.24, 2.45) is 5.73 Å². The fourth-order valence-electron chi connectivity index (χ4n) is 4.12. The second-order valence-electron chi connectivity index (χ2n) is 6.81. The number of nitrogen functional groups attached to an aromatic ring is 1. The van der Waals surface area contributed by atoms with Crippen molar-refractivity contribution in [3.05, 3.63) is 23.9 Å². The minimum Gasteiger partial charge on any atom is -0.384 e. The molecule has 0 bridgehead atoms. The van der Waals surface area contributed by atoms with E-state index in [4.69, 9.17) is 11.1 Å². The van der Waals surface area contributed by atoms with Gasteiger partial charge in [-0.2, -0.15) is 0 Å². The molecular weight excluding hydrogens is 272 g/mol. The van der Waals surface area contributed by atoms with Crippen LogP contribution in [0, 0.1) is 5.41 Å². The first-order chi connectivity index (χ1) is 10.8. The molecule has 3 rings (SSSR count). The Morgan fingerprint density at radius 3 is 2.05 bits per heavy atom. The molecule has 4 heteroatoms. The highest BCUT2D eigenvalue weighted by molar-refractivity contribution is 5.95. The number of hydrogen-bond acceptors (Lipinski definition) is 3. The summed E-state index contributed by atoms with van der Waals surface area (Å²) in [5, 5.41) is 7.69. The third-order valence-electron chi connectivity index (χ3n) is 5.26. The third-order valence-corrected chi connectivity index (χ3v) is 5.26. The van der Waals surface area contributed by atoms with Crippen LogP contribution in [0.25, 0.3) is 0 Å². The minimum absolute atomic E-state index is 0.135. The molecule has 0 unspecified atom stereocenters. The molecular formula is C18H28N4. The second-order valence-corrected chi connectivity index (χ2v) is 6.81. The largest absolute Gasteiger partial charge is 0.384 e. The van der Waals surface area contributed by atoms with Crippen molar-refractivity contribution in [3.63, 3.8) is 0 Å². The maximum Gasteiger partial charge on any atom is 0.129 e. The molecule has 4 nitrogen and oxygen atoms in total. The van der Waals surface area contributed by atoms with Crippen molar-refractivity contribution in [2.45, 2.75) is 76.3 Å². The summed E-state index contributed by atoms with van der Waals surface area (Å²) in [7, 11) is 0. The molecule has 0 spiro atoms. The second kappa shape index (κ2) is 7.12. The first-order valence-electron chi connectivity index (χ1n) is 8.84. The lowest BCUT2D eigenvalue weighted by Gasteiger charge is -2.42. The van der Waals surface area contributed by atoms with E-state index in [0.717, 1.165) is 11.4 Å². The maximum atomic E-state index is 7.69. The molecule has 2 saturated carbocycles. The highest BCUT2D eigenvalue weighted by Gasteiger charge is 2.29. The van der Waals surface area contributed by atoms with Gasteiger partial charge in [0.1, 0.15) is 11.7 Å². The number of anilines is 1. The smallest absolute Gasteiger partial charge is 0.129 e. The van der Waals surface area contributed by atoms with Gasteiger partial charge in [-0.1, -0.05) is 38.5 Å². The van der Waals surface area contributed by atoms with Gasteiger partial charge in [0, 0.05) is 23.8 Å². The van der Waals surface area contributed by atoms with Gasteiger partial charge in [0.15, 0.2) is 0 Å². The topological polar surface area (TPSA) is 66.0 Å². The molecule has 0 aliphatic heterocycles. The summed E-state index contributed by atoms with van der Waals surface area (Å²) in [4.78, 5) is 7.23. The predicted octanol–water partition coefficient (Wildman–Crippen LogP) is 3.84. The molecule has 0 aromatic carbocycles. The minimum atomic E-state index is 0.135. The average molecular weight is 300 g/mol. The molecule has 1 aromatic heterocycles. The van der Waals surface area contributed by atoms with Crippen molar-refractivity contribution in [1.29, 1.82) is 5.41 Å². The Hall–Kier alpha value is -1.58. The zero-order chi connectivity index (χ0) is 15.4. The number of amidine groups is 1. The summed E-state index contributed by atoms with van der Waals surface area (Å²) in [5.74, 6) is 1.17. The summed E-state index contributed by atoms with van der Waals surface area (Å²) < 4.78 is 0. The van der Waals surface area contributed by atoms with Crippen molar-refractivity contribution in [2.75, 3.05) is 4.90 Å². The number of nitrogens with two attached hydrogens (primary N) is 1. The summed E-state index contributed by atoms with van der Waals surface area (Å²) in [6.07, 6.45) is 15.0. The van der Waals surface area contributed by atoms with E-state index in [0.29, 0.717) is 12.1 Å². The van der Waals surface area contributed by atoms with Crippen molar-refractivity contribution in [1.82, 2.24) is 4.98 Å². The summed E-state index contributed by atoms with van der Waals surface area (Å²) >= 11 is 0. The molecule has 3 N–H and O–H groups in total. The lowest BCUT2D eigenvalue weighted by atomic mass is 9.88. The average Bonchev–Trinajstić information content (AvgIpc) is 2.57. The van der Waals surface area contributed by atoms with Crippen LogP contribution in [0.1, 0.15) is 69.8 Å². The normalized spacial score (nSPS) is 20.7. The van der Waals surface area contributed by atoms with E-state index >= 15 is 0 Å². The predicted molar refractivity (Wildman–Crippen MR) is 91.5 cm³/mol. The van der Waals surface area contributed by atoms with Crippen LogP contribution in [0.4, 0.5) is 5.82 Å². The molecule has 2 fully saturated rings. The van der Waals surface area contributed by atoms with Gasteiger partial charge in [-0.15, -0.1) is 0 Å². The molecule has 2 aliphatic carbocycles. The SMILES string of the molecule is N=C(N)c1ccnc(N(C2CCCCC2)C2CCCCC2)c1. The van der Waals surface area contributed by atoms with E-state index < -0.39 is 0 Å². The van der Waals surface area contributed by atoms with E-state index in [1.54, 1.807) is 0 Å². The van der Waals surface area contributed by atoms with Crippen LogP contribution in [-0.2, 0) is 0 Å². The van der Waals surface area contributed by atoms with Crippen molar-refractivity contribution >= 4 is 11.7 Å². The molecule has 0 saturated heterocycles. The number of hydrogen-bond donors (Lipinski definition) is 2. The van der Waals surface area contributed by atoms with E-state index in [-0.39, 0.29) is 5.84 Å². The van der Waals surface area contributed by atoms with E-state index in [2.05, 4.69) is 9.88 Å². The molecule has 0 amide bonds. The van der Waals surface area contributed by atoms with Crippen molar-refractivity contribution in [3.8, 4) is 0 Å². The van der Waals surface area contributed by atoms with Gasteiger partial charge < -0.3 is 10.6 Å². The number of rotatable bonds is 4. The Kier molecular flexibility index (Phi) is 4.96. The molecule has 1 aromatic rings. The number of nitrogens with zero attached hydrogens (tertiary/aromatic N) is 2. The van der Waals surface area contributed by atoms with Gasteiger partial charge in [0.25, 0.3) is 0 Å². The zero-order valence-electron chi connectivity index (χ0n) is 13.4.